The number of morpholine rings is 1. The smallest absolute Gasteiger partial charge is 0.393 e. The molecule has 0 amide bonds. The molecule has 2 atom stereocenters. The second kappa shape index (κ2) is 8.14. The third kappa shape index (κ3) is 4.10. The van der Waals surface area contributed by atoms with Crippen LogP contribution in [0.3, 0.4) is 0 Å². The Hall–Kier alpha value is -2.92. The predicted octanol–water partition coefficient (Wildman–Crippen LogP) is 3.38. The number of hydrogen-bond donors (Lipinski definition) is 2. The molecule has 0 spiro atoms. The van der Waals surface area contributed by atoms with Gasteiger partial charge in [0.05, 0.1) is 54.2 Å². The Morgan fingerprint density at radius 1 is 1.12 bits per heavy atom. The van der Waals surface area contributed by atoms with Crippen LogP contribution >= 0.6 is 0 Å². The number of aliphatic hydroxyl groups excluding tert-OH is 1. The van der Waals surface area contributed by atoms with Gasteiger partial charge in [-0.25, -0.2) is 4.68 Å². The van der Waals surface area contributed by atoms with E-state index in [2.05, 4.69) is 20.3 Å². The molecule has 2 N–H and O–H groups in total. The van der Waals surface area contributed by atoms with Gasteiger partial charge in [0.15, 0.2) is 5.65 Å². The van der Waals surface area contributed by atoms with Gasteiger partial charge in [-0.05, 0) is 44.9 Å². The van der Waals surface area contributed by atoms with Crippen molar-refractivity contribution < 1.29 is 23.0 Å². The molecular formula is C22H25F3N6O2. The monoisotopic (exact) mass is 462 g/mol. The van der Waals surface area contributed by atoms with Crippen molar-refractivity contribution in [1.82, 2.24) is 19.7 Å². The summed E-state index contributed by atoms with van der Waals surface area (Å²) in [7, 11) is 0. The summed E-state index contributed by atoms with van der Waals surface area (Å²) in [6, 6.07) is 5.14. The molecule has 5 rings (SSSR count). The van der Waals surface area contributed by atoms with E-state index in [1.165, 1.54) is 10.7 Å². The van der Waals surface area contributed by atoms with Crippen molar-refractivity contribution in [3.8, 4) is 5.69 Å². The fourth-order valence-corrected chi connectivity index (χ4v) is 4.47. The number of halogens is 3. The molecule has 2 aromatic heterocycles. The molecule has 176 valence electrons. The summed E-state index contributed by atoms with van der Waals surface area (Å²) in [4.78, 5) is 11.5. The largest absolute Gasteiger partial charge is 0.416 e. The fraction of sp³-hybridized carbons (Fsp3) is 0.500. The summed E-state index contributed by atoms with van der Waals surface area (Å²) in [5.41, 5.74) is -0.0830. The highest BCUT2D eigenvalue weighted by Crippen LogP contribution is 2.34. The lowest BCUT2D eigenvalue weighted by atomic mass is 9.90. The zero-order valence-corrected chi connectivity index (χ0v) is 18.3. The highest BCUT2D eigenvalue weighted by molar-refractivity contribution is 5.89. The average molecular weight is 462 g/mol. The molecular weight excluding hydrogens is 437 g/mol. The van der Waals surface area contributed by atoms with Crippen LogP contribution in [0.25, 0.3) is 16.7 Å². The van der Waals surface area contributed by atoms with Crippen LogP contribution in [0.5, 0.6) is 0 Å². The summed E-state index contributed by atoms with van der Waals surface area (Å²) >= 11 is 0. The number of aromatic nitrogens is 4. The molecule has 0 radical (unpaired) electrons. The van der Waals surface area contributed by atoms with Crippen LogP contribution in [0.1, 0.15) is 32.3 Å². The first kappa shape index (κ1) is 21.9. The van der Waals surface area contributed by atoms with Gasteiger partial charge in [0, 0.05) is 6.04 Å². The topological polar surface area (TPSA) is 88.3 Å². The van der Waals surface area contributed by atoms with Crippen molar-refractivity contribution in [2.24, 2.45) is 0 Å². The quantitative estimate of drug-likeness (QED) is 0.615. The van der Waals surface area contributed by atoms with Crippen molar-refractivity contribution in [2.45, 2.75) is 57.1 Å². The van der Waals surface area contributed by atoms with Crippen LogP contribution in [-0.2, 0) is 10.9 Å². The maximum atomic E-state index is 13.3. The Bertz CT molecular complexity index is 1150. The second-order valence-electron chi connectivity index (χ2n) is 8.82. The summed E-state index contributed by atoms with van der Waals surface area (Å²) in [6.07, 6.45) is -2.03. The van der Waals surface area contributed by atoms with Crippen molar-refractivity contribution in [3.63, 3.8) is 0 Å². The van der Waals surface area contributed by atoms with Crippen molar-refractivity contribution >= 4 is 22.8 Å². The molecule has 0 bridgehead atoms. The third-order valence-corrected chi connectivity index (χ3v) is 6.19. The minimum atomic E-state index is -4.46. The molecule has 1 aromatic carbocycles. The average Bonchev–Trinajstić information content (AvgIpc) is 3.16. The molecule has 0 unspecified atom stereocenters. The molecule has 3 aromatic rings. The van der Waals surface area contributed by atoms with Gasteiger partial charge in [-0.1, -0.05) is 6.07 Å². The summed E-state index contributed by atoms with van der Waals surface area (Å²) < 4.78 is 47.0. The van der Waals surface area contributed by atoms with Crippen LogP contribution in [0.2, 0.25) is 0 Å². The van der Waals surface area contributed by atoms with Crippen molar-refractivity contribution in [3.05, 3.63) is 36.0 Å². The van der Waals surface area contributed by atoms with E-state index in [1.54, 1.807) is 12.3 Å². The Morgan fingerprint density at radius 2 is 1.85 bits per heavy atom. The zero-order chi connectivity index (χ0) is 23.3. The molecule has 2 aliphatic rings. The number of benzene rings is 1. The van der Waals surface area contributed by atoms with E-state index in [4.69, 9.17) is 9.72 Å². The lowest BCUT2D eigenvalue weighted by Crippen LogP contribution is -2.50. The fourth-order valence-electron chi connectivity index (χ4n) is 4.47. The molecule has 3 heterocycles. The SMILES string of the molecule is C[C@@H]1COC[C@@H](C)N1c1nc(NC2CC(O)C2)nc2c1cnn2-c1cccc(C(F)(F)F)c1. The van der Waals surface area contributed by atoms with Crippen LogP contribution in [0, 0.1) is 0 Å². The zero-order valence-electron chi connectivity index (χ0n) is 18.3. The molecule has 8 nitrogen and oxygen atoms in total. The van der Waals surface area contributed by atoms with E-state index in [-0.39, 0.29) is 29.9 Å². The molecule has 1 saturated carbocycles. The lowest BCUT2D eigenvalue weighted by molar-refractivity contribution is -0.137. The highest BCUT2D eigenvalue weighted by atomic mass is 19.4. The number of aliphatic hydroxyl groups is 1. The van der Waals surface area contributed by atoms with Gasteiger partial charge in [0.1, 0.15) is 5.82 Å². The molecule has 11 heteroatoms. The van der Waals surface area contributed by atoms with Crippen LogP contribution < -0.4 is 10.2 Å². The van der Waals surface area contributed by atoms with Crippen molar-refractivity contribution in [2.75, 3.05) is 23.4 Å². The van der Waals surface area contributed by atoms with Gasteiger partial charge in [0.2, 0.25) is 5.95 Å². The van der Waals surface area contributed by atoms with Gasteiger partial charge in [0.25, 0.3) is 0 Å². The van der Waals surface area contributed by atoms with E-state index in [0.717, 1.165) is 12.1 Å². The first-order valence-electron chi connectivity index (χ1n) is 10.9. The number of ether oxygens (including phenoxy) is 1. The lowest BCUT2D eigenvalue weighted by Gasteiger charge is -2.40. The number of nitrogens with one attached hydrogen (secondary N) is 1. The molecule has 1 saturated heterocycles. The first-order valence-corrected chi connectivity index (χ1v) is 10.9. The maximum absolute atomic E-state index is 13.3. The van der Waals surface area contributed by atoms with E-state index < -0.39 is 11.7 Å². The third-order valence-electron chi connectivity index (χ3n) is 6.19. The standard InChI is InChI=1S/C22H25F3N6O2/c1-12-10-33-11-13(2)30(12)19-18-9-26-31(16-5-3-4-14(6-16)22(23,24)25)20(18)29-21(28-19)27-15-7-17(32)8-15/h3-6,9,12-13,15,17,32H,7-8,10-11H2,1-2H3,(H,27,28,29)/t12-,13-,15?,17?/m1/s1. The molecule has 1 aliphatic carbocycles. The van der Waals surface area contributed by atoms with E-state index >= 15 is 0 Å². The number of nitrogens with zero attached hydrogens (tertiary/aromatic N) is 5. The number of anilines is 2. The number of rotatable bonds is 4. The first-order chi connectivity index (χ1) is 15.7. The normalized spacial score (nSPS) is 25.8. The van der Waals surface area contributed by atoms with Crippen LogP contribution in [-0.4, -0.2) is 62.3 Å². The summed E-state index contributed by atoms with van der Waals surface area (Å²) in [6.45, 7) is 5.15. The molecule has 33 heavy (non-hydrogen) atoms. The van der Waals surface area contributed by atoms with Crippen molar-refractivity contribution in [1.29, 1.82) is 0 Å². The minimum Gasteiger partial charge on any atom is -0.393 e. The molecule has 1 aliphatic heterocycles. The number of alkyl halides is 3. The molecule has 2 fully saturated rings. The number of hydrogen-bond acceptors (Lipinski definition) is 7. The van der Waals surface area contributed by atoms with Gasteiger partial charge in [-0.15, -0.1) is 0 Å². The van der Waals surface area contributed by atoms with Crippen LogP contribution in [0.15, 0.2) is 30.5 Å². The van der Waals surface area contributed by atoms with E-state index in [0.29, 0.717) is 48.9 Å². The second-order valence-corrected chi connectivity index (χ2v) is 8.82. The summed E-state index contributed by atoms with van der Waals surface area (Å²) in [5.74, 6) is 1.01. The number of fused-ring (bicyclic) bond motifs is 1. The minimum absolute atomic E-state index is 0.0368. The van der Waals surface area contributed by atoms with Gasteiger partial charge in [-0.2, -0.15) is 28.2 Å². The Labute approximate surface area is 188 Å². The Morgan fingerprint density at radius 3 is 2.52 bits per heavy atom. The Balaban J connectivity index is 1.63. The highest BCUT2D eigenvalue weighted by Gasteiger charge is 2.33. The van der Waals surface area contributed by atoms with E-state index in [9.17, 15) is 18.3 Å². The van der Waals surface area contributed by atoms with Gasteiger partial charge < -0.3 is 20.1 Å². The van der Waals surface area contributed by atoms with E-state index in [1.807, 2.05) is 13.8 Å². The van der Waals surface area contributed by atoms with Gasteiger partial charge >= 0.3 is 6.18 Å². The van der Waals surface area contributed by atoms with Gasteiger partial charge in [-0.3, -0.25) is 0 Å². The summed E-state index contributed by atoms with van der Waals surface area (Å²) in [5, 5.41) is 17.9. The van der Waals surface area contributed by atoms with Crippen LogP contribution in [0.4, 0.5) is 24.9 Å². The Kier molecular flexibility index (Phi) is 5.40. The maximum Gasteiger partial charge on any atom is 0.416 e. The predicted molar refractivity (Wildman–Crippen MR) is 117 cm³/mol.